The maximum Gasteiger partial charge on any atom is 0.226 e. The highest BCUT2D eigenvalue weighted by Crippen LogP contribution is 2.23. The van der Waals surface area contributed by atoms with Crippen LogP contribution in [-0.2, 0) is 14.3 Å². The molecule has 0 aromatic heterocycles. The van der Waals surface area contributed by atoms with Gasteiger partial charge in [-0.1, -0.05) is 0 Å². The molecule has 1 amide bonds. The zero-order chi connectivity index (χ0) is 14.1. The molecule has 0 fully saturated rings. The highest BCUT2D eigenvalue weighted by Gasteiger charge is 2.06. The van der Waals surface area contributed by atoms with Crippen LogP contribution in [0.4, 0.5) is 11.4 Å². The van der Waals surface area contributed by atoms with E-state index in [1.807, 2.05) is 0 Å². The van der Waals surface area contributed by atoms with Crippen LogP contribution < -0.4 is 15.8 Å². The molecular weight excluding hydrogens is 248 g/mol. The second-order valence-corrected chi connectivity index (χ2v) is 3.86. The highest BCUT2D eigenvalue weighted by atomic mass is 16.5. The molecule has 0 saturated carbocycles. The monoisotopic (exact) mass is 268 g/mol. The lowest BCUT2D eigenvalue weighted by Gasteiger charge is -2.09. The third kappa shape index (κ3) is 5.58. The average Bonchev–Trinajstić information content (AvgIpc) is 2.41. The summed E-state index contributed by atoms with van der Waals surface area (Å²) < 4.78 is 15.1. The van der Waals surface area contributed by atoms with Gasteiger partial charge in [-0.25, -0.2) is 0 Å². The Morgan fingerprint density at radius 2 is 2.05 bits per heavy atom. The number of ether oxygens (including phenoxy) is 3. The number of hydrogen-bond donors (Lipinski definition) is 2. The Hall–Kier alpha value is -1.79. The number of carbonyl (C=O) groups is 1. The van der Waals surface area contributed by atoms with Gasteiger partial charge in [0.05, 0.1) is 44.7 Å². The van der Waals surface area contributed by atoms with E-state index in [4.69, 9.17) is 19.9 Å². The third-order valence-electron chi connectivity index (χ3n) is 2.44. The Morgan fingerprint density at radius 1 is 1.26 bits per heavy atom. The average molecular weight is 268 g/mol. The van der Waals surface area contributed by atoms with E-state index in [0.717, 1.165) is 0 Å². The first-order valence-electron chi connectivity index (χ1n) is 5.97. The normalized spacial score (nSPS) is 10.2. The summed E-state index contributed by atoms with van der Waals surface area (Å²) in [6.45, 7) is 1.35. The van der Waals surface area contributed by atoms with Gasteiger partial charge in [0.2, 0.25) is 5.91 Å². The second-order valence-electron chi connectivity index (χ2n) is 3.86. The molecule has 0 saturated heterocycles. The largest absolute Gasteiger partial charge is 0.497 e. The minimum atomic E-state index is -0.144. The minimum Gasteiger partial charge on any atom is -0.497 e. The van der Waals surface area contributed by atoms with Crippen LogP contribution in [0.3, 0.4) is 0 Å². The van der Waals surface area contributed by atoms with Crippen molar-refractivity contribution in [3.8, 4) is 5.75 Å². The summed E-state index contributed by atoms with van der Waals surface area (Å²) in [6.07, 6.45) is 0.273. The molecule has 0 bridgehead atoms. The SMILES string of the molecule is COCCOCCC(=O)Nc1ccc(OC)cc1N. The molecule has 106 valence electrons. The van der Waals surface area contributed by atoms with Gasteiger partial charge in [0, 0.05) is 13.2 Å². The number of hydrogen-bond acceptors (Lipinski definition) is 5. The molecule has 3 N–H and O–H groups in total. The van der Waals surface area contributed by atoms with Crippen LogP contribution in [-0.4, -0.2) is 39.9 Å². The predicted molar refractivity (Wildman–Crippen MR) is 73.3 cm³/mol. The molecule has 0 spiro atoms. The minimum absolute atomic E-state index is 0.144. The van der Waals surface area contributed by atoms with E-state index in [-0.39, 0.29) is 12.3 Å². The van der Waals surface area contributed by atoms with Gasteiger partial charge in [-0.15, -0.1) is 0 Å². The van der Waals surface area contributed by atoms with E-state index >= 15 is 0 Å². The van der Waals surface area contributed by atoms with Crippen LogP contribution in [0.25, 0.3) is 0 Å². The maximum absolute atomic E-state index is 11.6. The molecule has 6 nitrogen and oxygen atoms in total. The fourth-order valence-electron chi connectivity index (χ4n) is 1.40. The lowest BCUT2D eigenvalue weighted by molar-refractivity contribution is -0.117. The zero-order valence-electron chi connectivity index (χ0n) is 11.3. The molecule has 0 atom stereocenters. The van der Waals surface area contributed by atoms with E-state index in [9.17, 15) is 4.79 Å². The topological polar surface area (TPSA) is 82.8 Å². The van der Waals surface area contributed by atoms with E-state index in [2.05, 4.69) is 5.32 Å². The number of nitrogens with two attached hydrogens (primary N) is 1. The Morgan fingerprint density at radius 3 is 2.68 bits per heavy atom. The van der Waals surface area contributed by atoms with Crippen molar-refractivity contribution >= 4 is 17.3 Å². The lowest BCUT2D eigenvalue weighted by Crippen LogP contribution is -2.16. The van der Waals surface area contributed by atoms with Gasteiger partial charge >= 0.3 is 0 Å². The van der Waals surface area contributed by atoms with Crippen molar-refractivity contribution < 1.29 is 19.0 Å². The van der Waals surface area contributed by atoms with Gasteiger partial charge in [0.1, 0.15) is 5.75 Å². The summed E-state index contributed by atoms with van der Waals surface area (Å²) >= 11 is 0. The van der Waals surface area contributed by atoms with Crippen LogP contribution in [0.2, 0.25) is 0 Å². The molecule has 0 heterocycles. The van der Waals surface area contributed by atoms with Gasteiger partial charge in [-0.2, -0.15) is 0 Å². The van der Waals surface area contributed by atoms with Crippen LogP contribution in [0, 0.1) is 0 Å². The van der Waals surface area contributed by atoms with Crippen LogP contribution in [0.15, 0.2) is 18.2 Å². The van der Waals surface area contributed by atoms with Crippen LogP contribution >= 0.6 is 0 Å². The summed E-state index contributed by atoms with van der Waals surface area (Å²) in [6, 6.07) is 5.10. The molecule has 19 heavy (non-hydrogen) atoms. The highest BCUT2D eigenvalue weighted by molar-refractivity contribution is 5.94. The third-order valence-corrected chi connectivity index (χ3v) is 2.44. The number of nitrogens with one attached hydrogen (secondary N) is 1. The molecular formula is C13H20N2O4. The molecule has 0 aliphatic rings. The summed E-state index contributed by atoms with van der Waals surface area (Å²) in [4.78, 5) is 11.6. The number of amides is 1. The van der Waals surface area contributed by atoms with Crippen molar-refractivity contribution in [2.24, 2.45) is 0 Å². The predicted octanol–water partition coefficient (Wildman–Crippen LogP) is 1.27. The van der Waals surface area contributed by atoms with Crippen molar-refractivity contribution in [2.45, 2.75) is 6.42 Å². The molecule has 1 aromatic carbocycles. The molecule has 1 aromatic rings. The first-order valence-corrected chi connectivity index (χ1v) is 5.97. The molecule has 1 rings (SSSR count). The van der Waals surface area contributed by atoms with E-state index in [0.29, 0.717) is 36.9 Å². The molecule has 0 aliphatic heterocycles. The quantitative estimate of drug-likeness (QED) is 0.548. The standard InChI is InChI=1S/C13H20N2O4/c1-17-7-8-19-6-5-13(16)15-12-4-3-10(18-2)9-11(12)14/h3-4,9H,5-8,14H2,1-2H3,(H,15,16). The number of nitrogen functional groups attached to an aromatic ring is 1. The number of benzene rings is 1. The number of carbonyl (C=O) groups excluding carboxylic acids is 1. The summed E-state index contributed by atoms with van der Waals surface area (Å²) in [5.41, 5.74) is 6.83. The van der Waals surface area contributed by atoms with Crippen molar-refractivity contribution in [3.05, 3.63) is 18.2 Å². The first-order chi connectivity index (χ1) is 9.17. The Kier molecular flexibility index (Phi) is 6.70. The Labute approximate surface area is 112 Å². The van der Waals surface area contributed by atoms with Crippen molar-refractivity contribution in [1.29, 1.82) is 0 Å². The summed E-state index contributed by atoms with van der Waals surface area (Å²) in [7, 11) is 3.16. The smallest absolute Gasteiger partial charge is 0.226 e. The molecule has 0 unspecified atom stereocenters. The van der Waals surface area contributed by atoms with Gasteiger partial charge < -0.3 is 25.3 Å². The first kappa shape index (κ1) is 15.3. The van der Waals surface area contributed by atoms with Gasteiger partial charge in [0.15, 0.2) is 0 Å². The van der Waals surface area contributed by atoms with Crippen molar-refractivity contribution in [1.82, 2.24) is 0 Å². The Bertz CT molecular complexity index is 410. The lowest BCUT2D eigenvalue weighted by atomic mass is 10.2. The fraction of sp³-hybridized carbons (Fsp3) is 0.462. The van der Waals surface area contributed by atoms with E-state index in [1.165, 1.54) is 0 Å². The zero-order valence-corrected chi connectivity index (χ0v) is 11.3. The van der Waals surface area contributed by atoms with Crippen molar-refractivity contribution in [3.63, 3.8) is 0 Å². The maximum atomic E-state index is 11.6. The number of rotatable bonds is 8. The second kappa shape index (κ2) is 8.34. The van der Waals surface area contributed by atoms with Gasteiger partial charge in [-0.05, 0) is 12.1 Å². The molecule has 0 aliphatic carbocycles. The van der Waals surface area contributed by atoms with Crippen LogP contribution in [0.1, 0.15) is 6.42 Å². The summed E-state index contributed by atoms with van der Waals surface area (Å²) in [5, 5.41) is 2.72. The Balaban J connectivity index is 2.36. The summed E-state index contributed by atoms with van der Waals surface area (Å²) in [5.74, 6) is 0.507. The van der Waals surface area contributed by atoms with Crippen molar-refractivity contribution in [2.75, 3.05) is 45.1 Å². The number of anilines is 2. The van der Waals surface area contributed by atoms with Gasteiger partial charge in [-0.3, -0.25) is 4.79 Å². The molecule has 0 radical (unpaired) electrons. The van der Waals surface area contributed by atoms with E-state index in [1.54, 1.807) is 32.4 Å². The van der Waals surface area contributed by atoms with Crippen LogP contribution in [0.5, 0.6) is 5.75 Å². The van der Waals surface area contributed by atoms with E-state index < -0.39 is 0 Å². The molecule has 6 heteroatoms. The fourth-order valence-corrected chi connectivity index (χ4v) is 1.40. The number of methoxy groups -OCH3 is 2. The van der Waals surface area contributed by atoms with Gasteiger partial charge in [0.25, 0.3) is 0 Å².